The van der Waals surface area contributed by atoms with Crippen molar-refractivity contribution in [3.05, 3.63) is 78.9 Å². The first-order valence-corrected chi connectivity index (χ1v) is 12.4. The molecule has 0 aliphatic heterocycles. The summed E-state index contributed by atoms with van der Waals surface area (Å²) in [6.07, 6.45) is 1.91. The van der Waals surface area contributed by atoms with E-state index >= 15 is 0 Å². The van der Waals surface area contributed by atoms with Gasteiger partial charge in [-0.15, -0.1) is 11.8 Å². The zero-order valence-electron chi connectivity index (χ0n) is 17.3. The fraction of sp³-hybridized carbons (Fsp3) is 0.174. The molecule has 31 heavy (non-hydrogen) atoms. The first-order valence-electron chi connectivity index (χ1n) is 9.69. The number of hydrogen-bond acceptors (Lipinski definition) is 5. The molecule has 6 nitrogen and oxygen atoms in total. The number of rotatable bonds is 9. The number of carbonyl (C=O) groups is 1. The molecular formula is C23H24N2O4S2. The second-order valence-corrected chi connectivity index (χ2v) is 9.21. The lowest BCUT2D eigenvalue weighted by Crippen LogP contribution is -2.38. The van der Waals surface area contributed by atoms with Crippen molar-refractivity contribution >= 4 is 39.1 Å². The van der Waals surface area contributed by atoms with Crippen LogP contribution in [0, 0.1) is 0 Å². The lowest BCUT2D eigenvalue weighted by atomic mass is 10.3. The van der Waals surface area contributed by atoms with Gasteiger partial charge >= 0.3 is 0 Å². The molecule has 0 saturated carbocycles. The quantitative estimate of drug-likeness (QED) is 0.475. The summed E-state index contributed by atoms with van der Waals surface area (Å²) in [4.78, 5) is 13.8. The summed E-state index contributed by atoms with van der Waals surface area (Å²) in [6.45, 7) is 1.98. The van der Waals surface area contributed by atoms with Crippen LogP contribution in [0.25, 0.3) is 0 Å². The average Bonchev–Trinajstić information content (AvgIpc) is 2.79. The summed E-state index contributed by atoms with van der Waals surface area (Å²) in [6, 6.07) is 22.1. The smallest absolute Gasteiger partial charge is 0.264 e. The summed E-state index contributed by atoms with van der Waals surface area (Å²) >= 11 is 1.50. The lowest BCUT2D eigenvalue weighted by molar-refractivity contribution is -0.114. The standard InChI is InChI=1S/C23H24N2O4S2/c1-3-29-19-13-15-20(16-14-19)31(27,28)25(18-9-5-4-6-10-18)17-23(26)24-21-11-7-8-12-22(21)30-2/h4-16H,3,17H2,1-2H3,(H,24,26). The average molecular weight is 457 g/mol. The molecule has 0 radical (unpaired) electrons. The van der Waals surface area contributed by atoms with Gasteiger partial charge in [0.25, 0.3) is 10.0 Å². The van der Waals surface area contributed by atoms with Gasteiger partial charge in [-0.1, -0.05) is 30.3 Å². The summed E-state index contributed by atoms with van der Waals surface area (Å²) in [7, 11) is -3.98. The number of nitrogens with one attached hydrogen (secondary N) is 1. The van der Waals surface area contributed by atoms with Crippen molar-refractivity contribution in [1.82, 2.24) is 0 Å². The Balaban J connectivity index is 1.90. The van der Waals surface area contributed by atoms with Crippen LogP contribution < -0.4 is 14.4 Å². The fourth-order valence-corrected chi connectivity index (χ4v) is 4.95. The van der Waals surface area contributed by atoms with Gasteiger partial charge in [0.1, 0.15) is 12.3 Å². The highest BCUT2D eigenvalue weighted by molar-refractivity contribution is 7.98. The molecule has 3 aromatic carbocycles. The highest BCUT2D eigenvalue weighted by Crippen LogP contribution is 2.27. The zero-order chi connectivity index (χ0) is 22.3. The number of ether oxygens (including phenoxy) is 1. The fourth-order valence-electron chi connectivity index (χ4n) is 2.98. The van der Waals surface area contributed by atoms with E-state index in [9.17, 15) is 13.2 Å². The maximum Gasteiger partial charge on any atom is 0.264 e. The van der Waals surface area contributed by atoms with Crippen LogP contribution >= 0.6 is 11.8 Å². The minimum absolute atomic E-state index is 0.0807. The van der Waals surface area contributed by atoms with Crippen LogP contribution in [0.4, 0.5) is 11.4 Å². The van der Waals surface area contributed by atoms with E-state index in [1.54, 1.807) is 48.5 Å². The van der Waals surface area contributed by atoms with E-state index in [2.05, 4.69) is 5.32 Å². The van der Waals surface area contributed by atoms with Gasteiger partial charge in [0, 0.05) is 4.90 Å². The molecule has 0 saturated heterocycles. The van der Waals surface area contributed by atoms with Crippen LogP contribution in [0.15, 0.2) is 88.7 Å². The first-order chi connectivity index (χ1) is 15.0. The highest BCUT2D eigenvalue weighted by Gasteiger charge is 2.27. The zero-order valence-corrected chi connectivity index (χ0v) is 18.9. The third-order valence-corrected chi connectivity index (χ3v) is 7.02. The topological polar surface area (TPSA) is 75.7 Å². The van der Waals surface area contributed by atoms with E-state index in [0.717, 1.165) is 9.20 Å². The molecule has 0 heterocycles. The monoisotopic (exact) mass is 456 g/mol. The number of para-hydroxylation sites is 2. The molecule has 0 atom stereocenters. The predicted octanol–water partition coefficient (Wildman–Crippen LogP) is 4.64. The molecule has 3 aromatic rings. The Morgan fingerprint density at radius 2 is 1.61 bits per heavy atom. The third-order valence-electron chi connectivity index (χ3n) is 4.44. The summed E-state index contributed by atoms with van der Waals surface area (Å²) in [5.41, 5.74) is 1.05. The number of carbonyl (C=O) groups excluding carboxylic acids is 1. The number of hydrogen-bond donors (Lipinski definition) is 1. The Morgan fingerprint density at radius 1 is 0.968 bits per heavy atom. The molecule has 0 fully saturated rings. The Kier molecular flexibility index (Phi) is 7.59. The van der Waals surface area contributed by atoms with Gasteiger partial charge in [-0.2, -0.15) is 0 Å². The maximum atomic E-state index is 13.4. The molecular weight excluding hydrogens is 432 g/mol. The highest BCUT2D eigenvalue weighted by atomic mass is 32.2. The van der Waals surface area contributed by atoms with Crippen LogP contribution in [-0.2, 0) is 14.8 Å². The van der Waals surface area contributed by atoms with Gasteiger partial charge in [0.05, 0.1) is 22.9 Å². The van der Waals surface area contributed by atoms with Crippen molar-refractivity contribution in [2.45, 2.75) is 16.7 Å². The molecule has 162 valence electrons. The Morgan fingerprint density at radius 3 is 2.26 bits per heavy atom. The van der Waals surface area contributed by atoms with Gasteiger partial charge in [0.2, 0.25) is 5.91 Å². The minimum atomic E-state index is -3.98. The number of benzene rings is 3. The lowest BCUT2D eigenvalue weighted by Gasteiger charge is -2.24. The van der Waals surface area contributed by atoms with E-state index in [-0.39, 0.29) is 11.4 Å². The van der Waals surface area contributed by atoms with Crippen molar-refractivity contribution in [3.8, 4) is 5.75 Å². The molecule has 8 heteroatoms. The van der Waals surface area contributed by atoms with Crippen molar-refractivity contribution in [1.29, 1.82) is 0 Å². The number of anilines is 2. The number of nitrogens with zero attached hydrogens (tertiary/aromatic N) is 1. The number of thioether (sulfide) groups is 1. The first kappa shape index (κ1) is 22.7. The Labute approximate surface area is 187 Å². The van der Waals surface area contributed by atoms with Crippen molar-refractivity contribution in [2.24, 2.45) is 0 Å². The molecule has 0 unspecified atom stereocenters. The van der Waals surface area contributed by atoms with Crippen molar-refractivity contribution in [3.63, 3.8) is 0 Å². The maximum absolute atomic E-state index is 13.4. The van der Waals surface area contributed by atoms with Crippen LogP contribution in [0.2, 0.25) is 0 Å². The van der Waals surface area contributed by atoms with Crippen molar-refractivity contribution in [2.75, 3.05) is 29.0 Å². The third kappa shape index (κ3) is 5.59. The Bertz CT molecular complexity index is 1120. The van der Waals surface area contributed by atoms with E-state index < -0.39 is 15.9 Å². The molecule has 0 bridgehead atoms. The van der Waals surface area contributed by atoms with Gasteiger partial charge in [-0.3, -0.25) is 9.10 Å². The van der Waals surface area contributed by atoms with Crippen molar-refractivity contribution < 1.29 is 17.9 Å². The predicted molar refractivity (Wildman–Crippen MR) is 125 cm³/mol. The van der Waals surface area contributed by atoms with E-state index in [0.29, 0.717) is 23.7 Å². The van der Waals surface area contributed by atoms with Crippen LogP contribution in [0.3, 0.4) is 0 Å². The summed E-state index contributed by atoms with van der Waals surface area (Å²) in [5, 5.41) is 2.83. The molecule has 0 aromatic heterocycles. The van der Waals surface area contributed by atoms with Gasteiger partial charge in [-0.05, 0) is 61.7 Å². The molecule has 1 amide bonds. The molecule has 0 aliphatic carbocycles. The van der Waals surface area contributed by atoms with E-state index in [1.165, 1.54) is 23.9 Å². The Hall–Kier alpha value is -2.97. The van der Waals surface area contributed by atoms with Crippen LogP contribution in [0.1, 0.15) is 6.92 Å². The largest absolute Gasteiger partial charge is 0.494 e. The van der Waals surface area contributed by atoms with Gasteiger partial charge < -0.3 is 10.1 Å². The number of amides is 1. The second-order valence-electron chi connectivity index (χ2n) is 6.50. The van der Waals surface area contributed by atoms with E-state index in [4.69, 9.17) is 4.74 Å². The molecule has 3 rings (SSSR count). The minimum Gasteiger partial charge on any atom is -0.494 e. The van der Waals surface area contributed by atoms with Crippen LogP contribution in [0.5, 0.6) is 5.75 Å². The summed E-state index contributed by atoms with van der Waals surface area (Å²) < 4.78 is 33.3. The van der Waals surface area contributed by atoms with Gasteiger partial charge in [-0.25, -0.2) is 8.42 Å². The van der Waals surface area contributed by atoms with E-state index in [1.807, 2.05) is 31.4 Å². The SMILES string of the molecule is CCOc1ccc(S(=O)(=O)N(CC(=O)Nc2ccccc2SC)c2ccccc2)cc1. The normalized spacial score (nSPS) is 11.0. The molecule has 1 N–H and O–H groups in total. The van der Waals surface area contributed by atoms with Crippen LogP contribution in [-0.4, -0.2) is 33.7 Å². The van der Waals surface area contributed by atoms with Gasteiger partial charge in [0.15, 0.2) is 0 Å². The molecule has 0 spiro atoms. The second kappa shape index (κ2) is 10.4. The summed E-state index contributed by atoms with van der Waals surface area (Å²) in [5.74, 6) is 0.152. The molecule has 0 aliphatic rings. The number of sulfonamides is 1.